The summed E-state index contributed by atoms with van der Waals surface area (Å²) in [5.41, 5.74) is 0. The topological polar surface area (TPSA) is 41.6 Å². The molecule has 0 saturated carbocycles. The van der Waals surface area contributed by atoms with Crippen molar-refractivity contribution < 1.29 is 9.53 Å². The normalized spacial score (nSPS) is 17.2. The molecular weight excluding hydrogens is 236 g/mol. The van der Waals surface area contributed by atoms with E-state index in [4.69, 9.17) is 4.74 Å². The first-order chi connectivity index (χ1) is 8.27. The Labute approximate surface area is 108 Å². The molecule has 0 aliphatic carbocycles. The molecule has 100 valence electrons. The van der Waals surface area contributed by atoms with Crippen LogP contribution in [0.2, 0.25) is 0 Å². The third-order valence-electron chi connectivity index (χ3n) is 2.90. The van der Waals surface area contributed by atoms with Crippen LogP contribution < -0.4 is 5.32 Å². The predicted molar refractivity (Wildman–Crippen MR) is 72.6 cm³/mol. The van der Waals surface area contributed by atoms with Crippen molar-refractivity contribution in [2.24, 2.45) is 0 Å². The standard InChI is InChI=1S/C12H24N2O2S/c1-3-16-12(15)14-8-5-11(6-9-14)13-7-10-17-4-2/h11,13H,3-10H2,1-2H3. The molecule has 0 bridgehead atoms. The highest BCUT2D eigenvalue weighted by Crippen LogP contribution is 2.11. The number of carbonyl (C=O) groups excluding carboxylic acids is 1. The van der Waals surface area contributed by atoms with E-state index in [9.17, 15) is 4.79 Å². The number of rotatable bonds is 6. The second-order valence-corrected chi connectivity index (χ2v) is 5.51. The fraction of sp³-hybridized carbons (Fsp3) is 0.917. The Morgan fingerprint density at radius 1 is 1.41 bits per heavy atom. The monoisotopic (exact) mass is 260 g/mol. The molecule has 1 heterocycles. The SMILES string of the molecule is CCOC(=O)N1CCC(NCCSCC)CC1. The summed E-state index contributed by atoms with van der Waals surface area (Å²) in [5.74, 6) is 2.36. The van der Waals surface area contributed by atoms with Crippen LogP contribution in [0.5, 0.6) is 0 Å². The molecule has 0 aromatic rings. The van der Waals surface area contributed by atoms with E-state index in [-0.39, 0.29) is 6.09 Å². The molecule has 1 fully saturated rings. The zero-order chi connectivity index (χ0) is 12.5. The zero-order valence-corrected chi connectivity index (χ0v) is 11.7. The molecular formula is C12H24N2O2S. The summed E-state index contributed by atoms with van der Waals surface area (Å²) >= 11 is 1.96. The Kier molecular flexibility index (Phi) is 7.44. The lowest BCUT2D eigenvalue weighted by Crippen LogP contribution is -2.45. The second-order valence-electron chi connectivity index (χ2n) is 4.11. The summed E-state index contributed by atoms with van der Waals surface area (Å²) in [4.78, 5) is 13.3. The van der Waals surface area contributed by atoms with Crippen LogP contribution in [0.25, 0.3) is 0 Å². The van der Waals surface area contributed by atoms with Crippen LogP contribution in [-0.4, -0.2) is 54.8 Å². The quantitative estimate of drug-likeness (QED) is 0.741. The van der Waals surface area contributed by atoms with Crippen molar-refractivity contribution in [1.82, 2.24) is 10.2 Å². The lowest BCUT2D eigenvalue weighted by molar-refractivity contribution is 0.0953. The van der Waals surface area contributed by atoms with Crippen LogP contribution in [0.4, 0.5) is 4.79 Å². The Morgan fingerprint density at radius 2 is 2.12 bits per heavy atom. The van der Waals surface area contributed by atoms with Crippen LogP contribution in [0, 0.1) is 0 Å². The number of piperidine rings is 1. The molecule has 0 unspecified atom stereocenters. The molecule has 1 amide bonds. The van der Waals surface area contributed by atoms with Crippen molar-refractivity contribution in [3.8, 4) is 0 Å². The van der Waals surface area contributed by atoms with E-state index in [2.05, 4.69) is 12.2 Å². The van der Waals surface area contributed by atoms with E-state index < -0.39 is 0 Å². The molecule has 1 N–H and O–H groups in total. The maximum Gasteiger partial charge on any atom is 0.409 e. The number of thioether (sulfide) groups is 1. The average molecular weight is 260 g/mol. The van der Waals surface area contributed by atoms with Gasteiger partial charge in [0.15, 0.2) is 0 Å². The van der Waals surface area contributed by atoms with Crippen molar-refractivity contribution in [3.63, 3.8) is 0 Å². The number of nitrogens with zero attached hydrogens (tertiary/aromatic N) is 1. The van der Waals surface area contributed by atoms with Gasteiger partial charge in [-0.3, -0.25) is 0 Å². The molecule has 0 atom stereocenters. The van der Waals surface area contributed by atoms with Gasteiger partial charge >= 0.3 is 6.09 Å². The van der Waals surface area contributed by atoms with Gasteiger partial charge in [0.05, 0.1) is 6.61 Å². The Hall–Kier alpha value is -0.420. The van der Waals surface area contributed by atoms with Crippen LogP contribution >= 0.6 is 11.8 Å². The van der Waals surface area contributed by atoms with Crippen molar-refractivity contribution >= 4 is 17.9 Å². The molecule has 1 aliphatic heterocycles. The minimum Gasteiger partial charge on any atom is -0.450 e. The molecule has 1 saturated heterocycles. The Morgan fingerprint density at radius 3 is 2.71 bits per heavy atom. The number of ether oxygens (including phenoxy) is 1. The summed E-state index contributed by atoms with van der Waals surface area (Å²) in [6.07, 6.45) is 1.91. The summed E-state index contributed by atoms with van der Waals surface area (Å²) in [7, 11) is 0. The maximum atomic E-state index is 11.5. The molecule has 4 nitrogen and oxygen atoms in total. The van der Waals surface area contributed by atoms with Gasteiger partial charge in [-0.05, 0) is 25.5 Å². The molecule has 5 heteroatoms. The summed E-state index contributed by atoms with van der Waals surface area (Å²) < 4.78 is 4.99. The smallest absolute Gasteiger partial charge is 0.409 e. The van der Waals surface area contributed by atoms with Gasteiger partial charge in [-0.2, -0.15) is 11.8 Å². The summed E-state index contributed by atoms with van der Waals surface area (Å²) in [5, 5.41) is 3.55. The third-order valence-corrected chi connectivity index (χ3v) is 3.81. The number of hydrogen-bond acceptors (Lipinski definition) is 4. The first kappa shape index (κ1) is 14.6. The lowest BCUT2D eigenvalue weighted by Gasteiger charge is -2.31. The minimum atomic E-state index is -0.160. The van der Waals surface area contributed by atoms with Gasteiger partial charge in [-0.15, -0.1) is 0 Å². The van der Waals surface area contributed by atoms with Gasteiger partial charge in [0, 0.05) is 31.4 Å². The van der Waals surface area contributed by atoms with E-state index >= 15 is 0 Å². The van der Waals surface area contributed by atoms with Crippen LogP contribution in [0.15, 0.2) is 0 Å². The summed E-state index contributed by atoms with van der Waals surface area (Å²) in [6.45, 7) is 7.20. The van der Waals surface area contributed by atoms with Crippen LogP contribution in [-0.2, 0) is 4.74 Å². The lowest BCUT2D eigenvalue weighted by atomic mass is 10.1. The highest BCUT2D eigenvalue weighted by molar-refractivity contribution is 7.99. The Bertz CT molecular complexity index is 219. The molecule has 0 aromatic heterocycles. The largest absolute Gasteiger partial charge is 0.450 e. The molecule has 0 spiro atoms. The number of carbonyl (C=O) groups is 1. The van der Waals surface area contributed by atoms with Crippen molar-refractivity contribution in [3.05, 3.63) is 0 Å². The highest BCUT2D eigenvalue weighted by atomic mass is 32.2. The van der Waals surface area contributed by atoms with Gasteiger partial charge < -0.3 is 15.0 Å². The van der Waals surface area contributed by atoms with Crippen LogP contribution in [0.3, 0.4) is 0 Å². The molecule has 1 rings (SSSR count). The molecule has 1 aliphatic rings. The van der Waals surface area contributed by atoms with Gasteiger partial charge in [0.1, 0.15) is 0 Å². The van der Waals surface area contributed by atoms with Gasteiger partial charge in [-0.25, -0.2) is 4.79 Å². The highest BCUT2D eigenvalue weighted by Gasteiger charge is 2.22. The zero-order valence-electron chi connectivity index (χ0n) is 10.9. The number of nitrogens with one attached hydrogen (secondary N) is 1. The average Bonchev–Trinajstić information content (AvgIpc) is 2.36. The van der Waals surface area contributed by atoms with Gasteiger partial charge in [-0.1, -0.05) is 6.92 Å². The van der Waals surface area contributed by atoms with Crippen molar-refractivity contribution in [2.45, 2.75) is 32.7 Å². The van der Waals surface area contributed by atoms with E-state index in [1.165, 1.54) is 11.5 Å². The van der Waals surface area contributed by atoms with Gasteiger partial charge in [0.2, 0.25) is 0 Å². The summed E-state index contributed by atoms with van der Waals surface area (Å²) in [6, 6.07) is 0.568. The fourth-order valence-corrected chi connectivity index (χ4v) is 2.51. The minimum absolute atomic E-state index is 0.160. The third kappa shape index (κ3) is 5.64. The second kappa shape index (κ2) is 8.64. The number of likely N-dealkylation sites (tertiary alicyclic amines) is 1. The molecule has 0 aromatic carbocycles. The molecule has 0 radical (unpaired) electrons. The molecule has 17 heavy (non-hydrogen) atoms. The maximum absolute atomic E-state index is 11.5. The number of amides is 1. The number of hydrogen-bond donors (Lipinski definition) is 1. The predicted octanol–water partition coefficient (Wildman–Crippen LogP) is 1.95. The first-order valence-corrected chi connectivity index (χ1v) is 7.66. The fourth-order valence-electron chi connectivity index (χ4n) is 1.96. The van der Waals surface area contributed by atoms with Gasteiger partial charge in [0.25, 0.3) is 0 Å². The van der Waals surface area contributed by atoms with Crippen LogP contribution in [0.1, 0.15) is 26.7 Å². The van der Waals surface area contributed by atoms with E-state index in [0.29, 0.717) is 12.6 Å². The van der Waals surface area contributed by atoms with E-state index in [1.54, 1.807) is 0 Å². The van der Waals surface area contributed by atoms with E-state index in [0.717, 1.165) is 32.5 Å². The van der Waals surface area contributed by atoms with E-state index in [1.807, 2.05) is 23.6 Å². The van der Waals surface area contributed by atoms with Crippen molar-refractivity contribution in [1.29, 1.82) is 0 Å². The first-order valence-electron chi connectivity index (χ1n) is 6.50. The van der Waals surface area contributed by atoms with Crippen molar-refractivity contribution in [2.75, 3.05) is 37.7 Å². The Balaban J connectivity index is 2.11.